The predicted molar refractivity (Wildman–Crippen MR) is 64.4 cm³/mol. The van der Waals surface area contributed by atoms with E-state index in [2.05, 4.69) is 16.6 Å². The topological polar surface area (TPSA) is 52.3 Å². The average Bonchev–Trinajstić information content (AvgIpc) is 2.24. The number of esters is 1. The molecule has 84 valence electrons. The van der Waals surface area contributed by atoms with Gasteiger partial charge in [0.1, 0.15) is 6.42 Å². The predicted octanol–water partition coefficient (Wildman–Crippen LogP) is 2.49. The maximum absolute atomic E-state index is 10.8. The summed E-state index contributed by atoms with van der Waals surface area (Å²) in [4.78, 5) is 10.8. The first kappa shape index (κ1) is 12.7. The molecule has 0 unspecified atom stereocenters. The van der Waals surface area contributed by atoms with E-state index in [9.17, 15) is 4.79 Å². The van der Waals surface area contributed by atoms with Crippen molar-refractivity contribution in [3.8, 4) is 11.8 Å². The lowest BCUT2D eigenvalue weighted by Gasteiger charge is -2.01. The summed E-state index contributed by atoms with van der Waals surface area (Å²) < 4.78 is 4.44. The molecule has 0 spiro atoms. The van der Waals surface area contributed by atoms with E-state index in [0.29, 0.717) is 21.3 Å². The molecule has 0 aliphatic rings. The van der Waals surface area contributed by atoms with Crippen molar-refractivity contribution >= 4 is 34.9 Å². The van der Waals surface area contributed by atoms with E-state index < -0.39 is 5.97 Å². The molecule has 0 heterocycles. The first-order valence-corrected chi connectivity index (χ1v) is 5.10. The fourth-order valence-corrected chi connectivity index (χ4v) is 1.47. The van der Waals surface area contributed by atoms with E-state index in [1.807, 2.05) is 0 Å². The van der Waals surface area contributed by atoms with Crippen LogP contribution < -0.4 is 5.73 Å². The molecule has 5 heteroatoms. The van der Waals surface area contributed by atoms with Gasteiger partial charge in [-0.05, 0) is 12.1 Å². The van der Waals surface area contributed by atoms with Crippen LogP contribution in [0.5, 0.6) is 0 Å². The number of rotatable bonds is 1. The molecule has 0 aliphatic heterocycles. The van der Waals surface area contributed by atoms with Gasteiger partial charge in [0.05, 0.1) is 23.4 Å². The Labute approximate surface area is 103 Å². The molecule has 1 aromatic rings. The van der Waals surface area contributed by atoms with Gasteiger partial charge in [0.15, 0.2) is 0 Å². The lowest BCUT2D eigenvalue weighted by atomic mass is 10.2. The lowest BCUT2D eigenvalue weighted by molar-refractivity contribution is -0.139. The highest BCUT2D eigenvalue weighted by molar-refractivity contribution is 6.36. The van der Waals surface area contributed by atoms with E-state index in [0.717, 1.165) is 0 Å². The third kappa shape index (κ3) is 3.34. The SMILES string of the molecule is COC(=O)CC#Cc1cc(Cl)cc(Cl)c1N. The Balaban J connectivity index is 2.92. The molecule has 0 aromatic heterocycles. The van der Waals surface area contributed by atoms with Gasteiger partial charge in [-0.3, -0.25) is 4.79 Å². The van der Waals surface area contributed by atoms with Gasteiger partial charge in [-0.15, -0.1) is 0 Å². The fourth-order valence-electron chi connectivity index (χ4n) is 0.972. The lowest BCUT2D eigenvalue weighted by Crippen LogP contribution is -1.97. The second-order valence-corrected chi connectivity index (χ2v) is 3.75. The zero-order valence-corrected chi connectivity index (χ0v) is 10.0. The Bertz CT molecular complexity index is 475. The summed E-state index contributed by atoms with van der Waals surface area (Å²) >= 11 is 11.6. The van der Waals surface area contributed by atoms with Gasteiger partial charge in [0, 0.05) is 5.02 Å². The third-order valence-corrected chi connectivity index (χ3v) is 2.31. The maximum atomic E-state index is 10.8. The molecule has 0 saturated carbocycles. The van der Waals surface area contributed by atoms with Gasteiger partial charge < -0.3 is 10.5 Å². The summed E-state index contributed by atoms with van der Waals surface area (Å²) in [6.07, 6.45) is 0.0000718. The first-order valence-electron chi connectivity index (χ1n) is 4.34. The molecule has 2 N–H and O–H groups in total. The molecule has 0 atom stereocenters. The van der Waals surface area contributed by atoms with Crippen molar-refractivity contribution in [3.05, 3.63) is 27.7 Å². The van der Waals surface area contributed by atoms with E-state index in [4.69, 9.17) is 28.9 Å². The van der Waals surface area contributed by atoms with Crippen LogP contribution in [-0.4, -0.2) is 13.1 Å². The van der Waals surface area contributed by atoms with Gasteiger partial charge in [0.25, 0.3) is 0 Å². The van der Waals surface area contributed by atoms with Crippen LogP contribution in [0.3, 0.4) is 0 Å². The summed E-state index contributed by atoms with van der Waals surface area (Å²) in [7, 11) is 1.30. The van der Waals surface area contributed by atoms with Gasteiger partial charge in [-0.1, -0.05) is 35.0 Å². The third-order valence-electron chi connectivity index (χ3n) is 1.78. The number of halogens is 2. The Morgan fingerprint density at radius 1 is 1.50 bits per heavy atom. The largest absolute Gasteiger partial charge is 0.468 e. The summed E-state index contributed by atoms with van der Waals surface area (Å²) in [5.41, 5.74) is 6.54. The minimum Gasteiger partial charge on any atom is -0.468 e. The van der Waals surface area contributed by atoms with Crippen LogP contribution in [0, 0.1) is 11.8 Å². The summed E-state index contributed by atoms with van der Waals surface area (Å²) in [5, 5.41) is 0.788. The highest BCUT2D eigenvalue weighted by Crippen LogP contribution is 2.26. The molecule has 0 saturated heterocycles. The molecule has 16 heavy (non-hydrogen) atoms. The van der Waals surface area contributed by atoms with Crippen molar-refractivity contribution in [1.82, 2.24) is 0 Å². The van der Waals surface area contributed by atoms with Gasteiger partial charge in [0.2, 0.25) is 0 Å². The van der Waals surface area contributed by atoms with Crippen molar-refractivity contribution in [3.63, 3.8) is 0 Å². The van der Waals surface area contributed by atoms with Crippen LogP contribution in [0.1, 0.15) is 12.0 Å². The number of benzene rings is 1. The molecular weight excluding hydrogens is 249 g/mol. The highest BCUT2D eigenvalue weighted by atomic mass is 35.5. The Morgan fingerprint density at radius 3 is 2.81 bits per heavy atom. The van der Waals surface area contributed by atoms with Crippen molar-refractivity contribution in [1.29, 1.82) is 0 Å². The van der Waals surface area contributed by atoms with E-state index in [1.54, 1.807) is 6.07 Å². The molecular formula is C11H9Cl2NO2. The van der Waals surface area contributed by atoms with Crippen LogP contribution in [0.4, 0.5) is 5.69 Å². The summed E-state index contributed by atoms with van der Waals surface area (Å²) in [6.45, 7) is 0. The molecule has 0 bridgehead atoms. The normalized spacial score (nSPS) is 9.19. The number of nitrogens with two attached hydrogens (primary N) is 1. The minimum atomic E-state index is -0.404. The van der Waals surface area contributed by atoms with Crippen molar-refractivity contribution in [2.24, 2.45) is 0 Å². The van der Waals surface area contributed by atoms with E-state index >= 15 is 0 Å². The minimum absolute atomic E-state index is 0.0000718. The van der Waals surface area contributed by atoms with Gasteiger partial charge in [-0.25, -0.2) is 0 Å². The van der Waals surface area contributed by atoms with Crippen molar-refractivity contribution in [2.45, 2.75) is 6.42 Å². The zero-order valence-electron chi connectivity index (χ0n) is 8.51. The fraction of sp³-hybridized carbons (Fsp3) is 0.182. The monoisotopic (exact) mass is 257 g/mol. The van der Waals surface area contributed by atoms with E-state index in [1.165, 1.54) is 13.2 Å². The molecule has 0 radical (unpaired) electrons. The number of hydrogen-bond donors (Lipinski definition) is 1. The smallest absolute Gasteiger partial charge is 0.317 e. The Hall–Kier alpha value is -1.37. The summed E-state index contributed by atoms with van der Waals surface area (Å²) in [6, 6.07) is 3.12. The van der Waals surface area contributed by atoms with Crippen LogP contribution in [-0.2, 0) is 9.53 Å². The van der Waals surface area contributed by atoms with Crippen LogP contribution in [0.2, 0.25) is 10.0 Å². The molecule has 3 nitrogen and oxygen atoms in total. The Kier molecular flexibility index (Phi) is 4.48. The van der Waals surface area contributed by atoms with Crippen LogP contribution in [0.25, 0.3) is 0 Å². The second-order valence-electron chi connectivity index (χ2n) is 2.90. The number of carbonyl (C=O) groups is 1. The molecule has 0 fully saturated rings. The van der Waals surface area contributed by atoms with Gasteiger partial charge >= 0.3 is 5.97 Å². The average molecular weight is 258 g/mol. The van der Waals surface area contributed by atoms with Gasteiger partial charge in [-0.2, -0.15) is 0 Å². The molecule has 0 aliphatic carbocycles. The number of anilines is 1. The van der Waals surface area contributed by atoms with Crippen molar-refractivity contribution in [2.75, 3.05) is 12.8 Å². The number of carbonyl (C=O) groups excluding carboxylic acids is 1. The second kappa shape index (κ2) is 5.64. The number of ether oxygens (including phenoxy) is 1. The Morgan fingerprint density at radius 2 is 2.19 bits per heavy atom. The highest BCUT2D eigenvalue weighted by Gasteiger charge is 2.03. The van der Waals surface area contributed by atoms with Crippen LogP contribution in [0.15, 0.2) is 12.1 Å². The quantitative estimate of drug-likeness (QED) is 0.478. The first-order chi connectivity index (χ1) is 7.54. The van der Waals surface area contributed by atoms with Crippen molar-refractivity contribution < 1.29 is 9.53 Å². The molecule has 1 aromatic carbocycles. The standard InChI is InChI=1S/C11H9Cl2NO2/c1-16-10(15)4-2-3-7-5-8(12)6-9(13)11(7)14/h5-6H,4,14H2,1H3. The number of hydrogen-bond acceptors (Lipinski definition) is 3. The number of methoxy groups -OCH3 is 1. The summed E-state index contributed by atoms with van der Waals surface area (Å²) in [5.74, 6) is 4.94. The molecule has 1 rings (SSSR count). The number of nitrogen functional groups attached to an aromatic ring is 1. The zero-order chi connectivity index (χ0) is 12.1. The van der Waals surface area contributed by atoms with E-state index in [-0.39, 0.29) is 6.42 Å². The molecule has 0 amide bonds. The maximum Gasteiger partial charge on any atom is 0.317 e. The van der Waals surface area contributed by atoms with Crippen LogP contribution >= 0.6 is 23.2 Å².